The fourth-order valence-electron chi connectivity index (χ4n) is 2.87. The third-order valence-corrected chi connectivity index (χ3v) is 4.15. The van der Waals surface area contributed by atoms with Gasteiger partial charge in [0.25, 0.3) is 0 Å². The lowest BCUT2D eigenvalue weighted by molar-refractivity contribution is -0.105. The van der Waals surface area contributed by atoms with Crippen LogP contribution in [0.15, 0.2) is 47.4 Å². The Bertz CT molecular complexity index is 1070. The molecule has 2 N–H and O–H groups in total. The highest BCUT2D eigenvalue weighted by Gasteiger charge is 2.18. The van der Waals surface area contributed by atoms with Gasteiger partial charge in [0.05, 0.1) is 10.9 Å². The largest absolute Gasteiger partial charge is 0.477 e. The maximum Gasteiger partial charge on any atom is 0.341 e. The first kappa shape index (κ1) is 17.3. The van der Waals surface area contributed by atoms with Gasteiger partial charge < -0.3 is 15.0 Å². The van der Waals surface area contributed by atoms with Crippen molar-refractivity contribution in [1.82, 2.24) is 4.57 Å². The van der Waals surface area contributed by atoms with Crippen molar-refractivity contribution < 1.29 is 19.1 Å². The van der Waals surface area contributed by atoms with E-state index in [-0.39, 0.29) is 5.39 Å². The molecule has 0 saturated heterocycles. The van der Waals surface area contributed by atoms with E-state index >= 15 is 0 Å². The molecule has 0 saturated carbocycles. The van der Waals surface area contributed by atoms with Gasteiger partial charge in [-0.2, -0.15) is 0 Å². The van der Waals surface area contributed by atoms with Crippen LogP contribution in [0.3, 0.4) is 0 Å². The summed E-state index contributed by atoms with van der Waals surface area (Å²) in [5.74, 6) is -2.16. The summed E-state index contributed by atoms with van der Waals surface area (Å²) >= 11 is 0. The molecule has 0 fully saturated rings. The van der Waals surface area contributed by atoms with E-state index in [0.29, 0.717) is 35.3 Å². The average Bonchev–Trinajstić information content (AvgIpc) is 2.62. The number of aryl methyl sites for hydroxylation is 1. The summed E-state index contributed by atoms with van der Waals surface area (Å²) in [5.41, 5.74) is 0.855. The molecular formula is C19H15FN2O4. The van der Waals surface area contributed by atoms with Crippen LogP contribution in [0.25, 0.3) is 22.0 Å². The number of nitrogens with one attached hydrogen (secondary N) is 1. The smallest absolute Gasteiger partial charge is 0.341 e. The molecule has 0 aliphatic carbocycles. The fourth-order valence-corrected chi connectivity index (χ4v) is 2.87. The molecule has 6 nitrogen and oxygen atoms in total. The number of pyridine rings is 1. The molecule has 26 heavy (non-hydrogen) atoms. The van der Waals surface area contributed by atoms with Crippen LogP contribution in [-0.4, -0.2) is 22.1 Å². The predicted molar refractivity (Wildman–Crippen MR) is 95.9 cm³/mol. The standard InChI is InChI=1S/C19H15FN2O4/c1-2-22-9-14(19(25)26)18(24)17-15(20)7-12(8-16(17)22)11-3-5-13(6-4-11)21-10-23/h3-10H,2H2,1H3,(H,21,23)(H,25,26). The minimum Gasteiger partial charge on any atom is -0.477 e. The molecule has 132 valence electrons. The van der Waals surface area contributed by atoms with Crippen molar-refractivity contribution in [3.8, 4) is 11.1 Å². The number of carbonyl (C=O) groups excluding carboxylic acids is 1. The van der Waals surface area contributed by atoms with Crippen LogP contribution in [0.5, 0.6) is 0 Å². The molecule has 0 radical (unpaired) electrons. The topological polar surface area (TPSA) is 88.4 Å². The molecule has 0 aliphatic rings. The van der Waals surface area contributed by atoms with Gasteiger partial charge in [0.15, 0.2) is 0 Å². The normalized spacial score (nSPS) is 10.7. The van der Waals surface area contributed by atoms with E-state index in [2.05, 4.69) is 5.32 Å². The molecule has 0 atom stereocenters. The van der Waals surface area contributed by atoms with Crippen molar-refractivity contribution in [3.05, 3.63) is 64.2 Å². The zero-order chi connectivity index (χ0) is 18.8. The summed E-state index contributed by atoms with van der Waals surface area (Å²) in [6.07, 6.45) is 1.79. The predicted octanol–water partition coefficient (Wildman–Crippen LogP) is 3.09. The molecule has 0 unspecified atom stereocenters. The van der Waals surface area contributed by atoms with E-state index in [1.54, 1.807) is 37.3 Å². The SMILES string of the molecule is CCn1cc(C(=O)O)c(=O)c2c(F)cc(-c3ccc(NC=O)cc3)cc21. The molecule has 1 aromatic heterocycles. The Hall–Kier alpha value is -3.48. The number of anilines is 1. The molecule has 1 heterocycles. The number of carboxylic acids is 1. The van der Waals surface area contributed by atoms with Crippen molar-refractivity contribution in [2.75, 3.05) is 5.32 Å². The van der Waals surface area contributed by atoms with Gasteiger partial charge in [-0.1, -0.05) is 12.1 Å². The lowest BCUT2D eigenvalue weighted by Crippen LogP contribution is -2.19. The van der Waals surface area contributed by atoms with Crippen molar-refractivity contribution in [3.63, 3.8) is 0 Å². The Kier molecular flexibility index (Phi) is 4.53. The number of amides is 1. The van der Waals surface area contributed by atoms with Crippen LogP contribution in [0.1, 0.15) is 17.3 Å². The summed E-state index contributed by atoms with van der Waals surface area (Å²) in [7, 11) is 0. The molecule has 2 aromatic carbocycles. The van der Waals surface area contributed by atoms with Gasteiger partial charge in [-0.3, -0.25) is 9.59 Å². The number of halogens is 1. The molecular weight excluding hydrogens is 339 g/mol. The number of carboxylic acid groups (broad SMARTS) is 1. The fraction of sp³-hybridized carbons (Fsp3) is 0.105. The second kappa shape index (κ2) is 6.79. The van der Waals surface area contributed by atoms with Gasteiger partial charge in [0.1, 0.15) is 11.4 Å². The van der Waals surface area contributed by atoms with Gasteiger partial charge in [0, 0.05) is 18.4 Å². The Morgan fingerprint density at radius 1 is 1.23 bits per heavy atom. The molecule has 3 rings (SSSR count). The van der Waals surface area contributed by atoms with E-state index < -0.39 is 22.8 Å². The summed E-state index contributed by atoms with van der Waals surface area (Å²) in [5, 5.41) is 11.4. The summed E-state index contributed by atoms with van der Waals surface area (Å²) in [6, 6.07) is 9.63. The van der Waals surface area contributed by atoms with E-state index in [4.69, 9.17) is 0 Å². The van der Waals surface area contributed by atoms with Crippen LogP contribution < -0.4 is 10.7 Å². The number of aromatic carboxylic acids is 1. The van der Waals surface area contributed by atoms with E-state index in [0.717, 1.165) is 0 Å². The van der Waals surface area contributed by atoms with Crippen molar-refractivity contribution in [2.24, 2.45) is 0 Å². The Balaban J connectivity index is 2.24. The van der Waals surface area contributed by atoms with Gasteiger partial charge in [-0.05, 0) is 42.3 Å². The first-order chi connectivity index (χ1) is 12.5. The van der Waals surface area contributed by atoms with Crippen molar-refractivity contribution in [2.45, 2.75) is 13.5 Å². The first-order valence-electron chi connectivity index (χ1n) is 7.87. The van der Waals surface area contributed by atoms with E-state index in [1.165, 1.54) is 16.8 Å². The number of hydrogen-bond acceptors (Lipinski definition) is 3. The number of benzene rings is 2. The second-order valence-electron chi connectivity index (χ2n) is 5.65. The Morgan fingerprint density at radius 3 is 2.50 bits per heavy atom. The highest BCUT2D eigenvalue weighted by molar-refractivity contribution is 5.94. The van der Waals surface area contributed by atoms with Gasteiger partial charge in [0.2, 0.25) is 11.8 Å². The molecule has 0 aliphatic heterocycles. The maximum absolute atomic E-state index is 14.7. The van der Waals surface area contributed by atoms with E-state index in [9.17, 15) is 23.9 Å². The molecule has 1 amide bonds. The highest BCUT2D eigenvalue weighted by Crippen LogP contribution is 2.27. The minimum atomic E-state index is -1.39. The number of nitrogens with zero attached hydrogens (tertiary/aromatic N) is 1. The lowest BCUT2D eigenvalue weighted by Gasteiger charge is -2.13. The lowest BCUT2D eigenvalue weighted by atomic mass is 10.0. The summed E-state index contributed by atoms with van der Waals surface area (Å²) in [6.45, 7) is 2.15. The number of aromatic nitrogens is 1. The maximum atomic E-state index is 14.7. The summed E-state index contributed by atoms with van der Waals surface area (Å²) < 4.78 is 16.2. The van der Waals surface area contributed by atoms with Crippen molar-refractivity contribution in [1.29, 1.82) is 0 Å². The van der Waals surface area contributed by atoms with Crippen LogP contribution in [0.4, 0.5) is 10.1 Å². The first-order valence-corrected chi connectivity index (χ1v) is 7.87. The third-order valence-electron chi connectivity index (χ3n) is 4.15. The number of rotatable bonds is 5. The van der Waals surface area contributed by atoms with Crippen LogP contribution >= 0.6 is 0 Å². The average molecular weight is 354 g/mol. The van der Waals surface area contributed by atoms with Gasteiger partial charge in [-0.25, -0.2) is 9.18 Å². The zero-order valence-electron chi connectivity index (χ0n) is 13.8. The van der Waals surface area contributed by atoms with Crippen LogP contribution in [-0.2, 0) is 11.3 Å². The second-order valence-corrected chi connectivity index (χ2v) is 5.65. The highest BCUT2D eigenvalue weighted by atomic mass is 19.1. The quantitative estimate of drug-likeness (QED) is 0.689. The van der Waals surface area contributed by atoms with E-state index in [1.807, 2.05) is 0 Å². The molecule has 3 aromatic rings. The number of hydrogen-bond donors (Lipinski definition) is 2. The van der Waals surface area contributed by atoms with Crippen LogP contribution in [0, 0.1) is 5.82 Å². The molecule has 0 bridgehead atoms. The van der Waals surface area contributed by atoms with Gasteiger partial charge >= 0.3 is 5.97 Å². The monoisotopic (exact) mass is 354 g/mol. The number of fused-ring (bicyclic) bond motifs is 1. The zero-order valence-corrected chi connectivity index (χ0v) is 13.8. The Labute approximate surface area is 147 Å². The minimum absolute atomic E-state index is 0.241. The Morgan fingerprint density at radius 2 is 1.92 bits per heavy atom. The molecule has 7 heteroatoms. The van der Waals surface area contributed by atoms with Crippen molar-refractivity contribution >= 4 is 29.0 Å². The number of carbonyl (C=O) groups is 2. The third kappa shape index (κ3) is 2.95. The summed E-state index contributed by atoms with van der Waals surface area (Å²) in [4.78, 5) is 34.1. The van der Waals surface area contributed by atoms with Crippen LogP contribution in [0.2, 0.25) is 0 Å². The van der Waals surface area contributed by atoms with Gasteiger partial charge in [-0.15, -0.1) is 0 Å². The molecule has 0 spiro atoms.